The van der Waals surface area contributed by atoms with Crippen LogP contribution in [-0.4, -0.2) is 19.9 Å². The Morgan fingerprint density at radius 3 is 2.67 bits per heavy atom. The van der Waals surface area contributed by atoms with Crippen molar-refractivity contribution >= 4 is 5.69 Å². The molecule has 0 bridgehead atoms. The molecule has 1 aromatic carbocycles. The fraction of sp³-hybridized carbons (Fsp3) is 0.429. The molecular weight excluding hydrogens is 270 g/mol. The average Bonchev–Trinajstić information content (AvgIpc) is 2.91. The minimum absolute atomic E-state index is 0.0126. The van der Waals surface area contributed by atoms with Crippen molar-refractivity contribution in [2.24, 2.45) is 5.73 Å². The van der Waals surface area contributed by atoms with Gasteiger partial charge in [-0.15, -0.1) is 5.10 Å². The maximum atomic E-state index is 11.2. The first kappa shape index (κ1) is 15.1. The number of nitrogens with two attached hydrogens (primary N) is 1. The predicted octanol–water partition coefficient (Wildman–Crippen LogP) is 2.59. The van der Waals surface area contributed by atoms with Crippen molar-refractivity contribution < 1.29 is 4.92 Å². The lowest BCUT2D eigenvalue weighted by Gasteiger charge is -2.07. The first-order valence-electron chi connectivity index (χ1n) is 6.87. The van der Waals surface area contributed by atoms with Crippen LogP contribution in [0, 0.1) is 24.0 Å². The molecule has 0 aliphatic heterocycles. The van der Waals surface area contributed by atoms with Crippen LogP contribution in [0.15, 0.2) is 18.3 Å². The Labute approximate surface area is 122 Å². The van der Waals surface area contributed by atoms with Crippen LogP contribution in [0.2, 0.25) is 0 Å². The van der Waals surface area contributed by atoms with E-state index in [-0.39, 0.29) is 11.7 Å². The quantitative estimate of drug-likeness (QED) is 0.673. The van der Waals surface area contributed by atoms with E-state index in [0.29, 0.717) is 11.4 Å². The van der Waals surface area contributed by atoms with E-state index in [2.05, 4.69) is 10.3 Å². The van der Waals surface area contributed by atoms with E-state index in [0.717, 1.165) is 24.0 Å². The smallest absolute Gasteiger partial charge is 0.295 e. The summed E-state index contributed by atoms with van der Waals surface area (Å²) in [5.74, 6) is 0. The van der Waals surface area contributed by atoms with Gasteiger partial charge in [0.15, 0.2) is 0 Å². The number of rotatable bonds is 5. The van der Waals surface area contributed by atoms with Crippen molar-refractivity contribution in [1.29, 1.82) is 0 Å². The topological polar surface area (TPSA) is 99.9 Å². The predicted molar refractivity (Wildman–Crippen MR) is 79.3 cm³/mol. The van der Waals surface area contributed by atoms with Gasteiger partial charge >= 0.3 is 0 Å². The Hall–Kier alpha value is -2.28. The van der Waals surface area contributed by atoms with E-state index in [1.807, 2.05) is 20.8 Å². The van der Waals surface area contributed by atoms with Gasteiger partial charge in [-0.25, -0.2) is 4.68 Å². The van der Waals surface area contributed by atoms with Crippen LogP contribution in [0.25, 0.3) is 5.69 Å². The van der Waals surface area contributed by atoms with Crippen molar-refractivity contribution in [1.82, 2.24) is 15.0 Å². The lowest BCUT2D eigenvalue weighted by Crippen LogP contribution is -2.10. The second-order valence-electron chi connectivity index (χ2n) is 5.17. The van der Waals surface area contributed by atoms with E-state index >= 15 is 0 Å². The van der Waals surface area contributed by atoms with Gasteiger partial charge in [-0.3, -0.25) is 10.1 Å². The molecule has 1 atom stereocenters. The molecule has 112 valence electrons. The summed E-state index contributed by atoms with van der Waals surface area (Å²) in [5, 5.41) is 19.2. The fourth-order valence-electron chi connectivity index (χ4n) is 2.14. The summed E-state index contributed by atoms with van der Waals surface area (Å²) in [4.78, 5) is 10.8. The monoisotopic (exact) mass is 289 g/mol. The van der Waals surface area contributed by atoms with Gasteiger partial charge in [0.05, 0.1) is 22.9 Å². The highest BCUT2D eigenvalue weighted by atomic mass is 16.6. The van der Waals surface area contributed by atoms with Crippen LogP contribution in [0.3, 0.4) is 0 Å². The summed E-state index contributed by atoms with van der Waals surface area (Å²) in [7, 11) is 0. The van der Waals surface area contributed by atoms with Gasteiger partial charge in [0, 0.05) is 6.07 Å². The summed E-state index contributed by atoms with van der Waals surface area (Å²) in [5.41, 5.74) is 8.89. The number of aromatic nitrogens is 3. The van der Waals surface area contributed by atoms with E-state index in [1.54, 1.807) is 18.3 Å². The Morgan fingerprint density at radius 1 is 1.38 bits per heavy atom. The Kier molecular flexibility index (Phi) is 4.32. The zero-order chi connectivity index (χ0) is 15.6. The maximum Gasteiger partial charge on any atom is 0.295 e. The SMILES string of the molecule is CCCC(N)c1cn(-c2cc(C)c(C)cc2[N+](=O)[O-])nn1. The molecule has 1 aromatic heterocycles. The molecule has 0 aliphatic carbocycles. The molecule has 21 heavy (non-hydrogen) atoms. The molecule has 0 spiro atoms. The van der Waals surface area contributed by atoms with Gasteiger partial charge in [0.2, 0.25) is 0 Å². The van der Waals surface area contributed by atoms with E-state index in [9.17, 15) is 10.1 Å². The number of nitrogens with zero attached hydrogens (tertiary/aromatic N) is 4. The molecule has 0 saturated carbocycles. The van der Waals surface area contributed by atoms with Gasteiger partial charge < -0.3 is 5.73 Å². The van der Waals surface area contributed by atoms with Gasteiger partial charge in [-0.05, 0) is 37.5 Å². The summed E-state index contributed by atoms with van der Waals surface area (Å²) in [6.07, 6.45) is 3.41. The second kappa shape index (κ2) is 6.01. The van der Waals surface area contributed by atoms with E-state index in [4.69, 9.17) is 5.73 Å². The average molecular weight is 289 g/mol. The van der Waals surface area contributed by atoms with Crippen molar-refractivity contribution in [3.8, 4) is 5.69 Å². The molecule has 0 fully saturated rings. The zero-order valence-corrected chi connectivity index (χ0v) is 12.4. The van der Waals surface area contributed by atoms with E-state index < -0.39 is 4.92 Å². The fourth-order valence-corrected chi connectivity index (χ4v) is 2.14. The van der Waals surface area contributed by atoms with Gasteiger partial charge in [0.25, 0.3) is 5.69 Å². The minimum atomic E-state index is -0.408. The first-order chi connectivity index (χ1) is 9.93. The first-order valence-corrected chi connectivity index (χ1v) is 6.87. The molecule has 2 rings (SSSR count). The number of hydrogen-bond acceptors (Lipinski definition) is 5. The lowest BCUT2D eigenvalue weighted by molar-refractivity contribution is -0.384. The van der Waals surface area contributed by atoms with Crippen molar-refractivity contribution in [3.05, 3.63) is 45.3 Å². The number of aryl methyl sites for hydroxylation is 2. The normalized spacial score (nSPS) is 12.4. The largest absolute Gasteiger partial charge is 0.323 e. The van der Waals surface area contributed by atoms with Crippen LogP contribution >= 0.6 is 0 Å². The maximum absolute atomic E-state index is 11.2. The lowest BCUT2D eigenvalue weighted by atomic mass is 10.1. The number of nitro groups is 1. The highest BCUT2D eigenvalue weighted by Crippen LogP contribution is 2.26. The van der Waals surface area contributed by atoms with Crippen molar-refractivity contribution in [2.45, 2.75) is 39.7 Å². The summed E-state index contributed by atoms with van der Waals surface area (Å²) >= 11 is 0. The van der Waals surface area contributed by atoms with Crippen LogP contribution in [0.5, 0.6) is 0 Å². The number of benzene rings is 1. The molecule has 1 unspecified atom stereocenters. The standard InChI is InChI=1S/C14H19N5O2/c1-4-5-11(15)12-8-18(17-16-12)13-6-9(2)10(3)7-14(13)19(20)21/h6-8,11H,4-5,15H2,1-3H3. The highest BCUT2D eigenvalue weighted by molar-refractivity contribution is 5.56. The molecule has 0 radical (unpaired) electrons. The molecule has 0 amide bonds. The van der Waals surface area contributed by atoms with Crippen LogP contribution in [0.4, 0.5) is 5.69 Å². The number of hydrogen-bond donors (Lipinski definition) is 1. The summed E-state index contributed by atoms with van der Waals surface area (Å²) in [6, 6.07) is 3.10. The highest BCUT2D eigenvalue weighted by Gasteiger charge is 2.19. The Morgan fingerprint density at radius 2 is 2.05 bits per heavy atom. The molecule has 7 nitrogen and oxygen atoms in total. The van der Waals surface area contributed by atoms with Crippen LogP contribution in [-0.2, 0) is 0 Å². The summed E-state index contributed by atoms with van der Waals surface area (Å²) in [6.45, 7) is 5.79. The van der Waals surface area contributed by atoms with Crippen LogP contribution < -0.4 is 5.73 Å². The molecule has 0 saturated heterocycles. The van der Waals surface area contributed by atoms with Gasteiger partial charge in [-0.2, -0.15) is 0 Å². The molecular formula is C14H19N5O2. The van der Waals surface area contributed by atoms with Crippen molar-refractivity contribution in [2.75, 3.05) is 0 Å². The molecule has 1 heterocycles. The molecule has 2 aromatic rings. The zero-order valence-electron chi connectivity index (χ0n) is 12.4. The van der Waals surface area contributed by atoms with E-state index in [1.165, 1.54) is 4.68 Å². The second-order valence-corrected chi connectivity index (χ2v) is 5.17. The van der Waals surface area contributed by atoms with Gasteiger partial charge in [-0.1, -0.05) is 18.6 Å². The third-order valence-electron chi connectivity index (χ3n) is 3.53. The molecule has 0 aliphatic rings. The number of nitro benzene ring substituents is 1. The Bertz CT molecular complexity index is 665. The third-order valence-corrected chi connectivity index (χ3v) is 3.53. The minimum Gasteiger partial charge on any atom is -0.323 e. The molecule has 2 N–H and O–H groups in total. The van der Waals surface area contributed by atoms with Gasteiger partial charge in [0.1, 0.15) is 5.69 Å². The molecule has 7 heteroatoms. The van der Waals surface area contributed by atoms with Crippen LogP contribution in [0.1, 0.15) is 42.6 Å². The third kappa shape index (κ3) is 3.08. The summed E-state index contributed by atoms with van der Waals surface area (Å²) < 4.78 is 1.43. The Balaban J connectivity index is 2.47. The van der Waals surface area contributed by atoms with Crippen molar-refractivity contribution in [3.63, 3.8) is 0 Å².